The van der Waals surface area contributed by atoms with Gasteiger partial charge < -0.3 is 4.74 Å². The maximum Gasteiger partial charge on any atom is 0.225 e. The topological polar surface area (TPSA) is 82.0 Å². The SMILES string of the molecule is Cc1cncnc1Oc1cnc(CCS(C)(=O)=O)cc1F. The number of pyridine rings is 1. The van der Waals surface area contributed by atoms with Crippen LogP contribution in [0.3, 0.4) is 0 Å². The Balaban J connectivity index is 2.14. The Morgan fingerprint density at radius 2 is 2.05 bits per heavy atom. The monoisotopic (exact) mass is 311 g/mol. The van der Waals surface area contributed by atoms with Crippen molar-refractivity contribution in [3.8, 4) is 11.6 Å². The highest BCUT2D eigenvalue weighted by molar-refractivity contribution is 7.90. The smallest absolute Gasteiger partial charge is 0.225 e. The minimum Gasteiger partial charge on any atom is -0.434 e. The molecule has 0 saturated carbocycles. The fourth-order valence-electron chi connectivity index (χ4n) is 1.56. The fraction of sp³-hybridized carbons (Fsp3) is 0.308. The molecule has 0 N–H and O–H groups in total. The maximum atomic E-state index is 13.9. The third-order valence-corrected chi connectivity index (χ3v) is 3.60. The van der Waals surface area contributed by atoms with Crippen molar-refractivity contribution >= 4 is 9.84 Å². The first-order valence-electron chi connectivity index (χ1n) is 6.12. The molecule has 0 aromatic carbocycles. The van der Waals surface area contributed by atoms with Crippen molar-refractivity contribution in [2.45, 2.75) is 13.3 Å². The second-order valence-corrected chi connectivity index (χ2v) is 6.86. The van der Waals surface area contributed by atoms with Crippen molar-refractivity contribution < 1.29 is 17.5 Å². The lowest BCUT2D eigenvalue weighted by Crippen LogP contribution is -2.07. The Hall–Kier alpha value is -2.09. The molecule has 0 spiro atoms. The number of rotatable bonds is 5. The summed E-state index contributed by atoms with van der Waals surface area (Å²) in [4.78, 5) is 11.7. The number of aryl methyl sites for hydroxylation is 2. The van der Waals surface area contributed by atoms with Crippen LogP contribution in [-0.2, 0) is 16.3 Å². The van der Waals surface area contributed by atoms with Crippen LogP contribution in [0.2, 0.25) is 0 Å². The molecule has 112 valence electrons. The summed E-state index contributed by atoms with van der Waals surface area (Å²) in [6.07, 6.45) is 5.35. The van der Waals surface area contributed by atoms with Crippen LogP contribution in [0.15, 0.2) is 24.8 Å². The van der Waals surface area contributed by atoms with Crippen LogP contribution < -0.4 is 4.74 Å². The van der Waals surface area contributed by atoms with Gasteiger partial charge in [-0.25, -0.2) is 22.8 Å². The van der Waals surface area contributed by atoms with Crippen LogP contribution in [0.5, 0.6) is 11.6 Å². The van der Waals surface area contributed by atoms with Gasteiger partial charge in [0.2, 0.25) is 5.88 Å². The van der Waals surface area contributed by atoms with Crippen LogP contribution in [0.1, 0.15) is 11.3 Å². The third-order valence-electron chi connectivity index (χ3n) is 2.66. The summed E-state index contributed by atoms with van der Waals surface area (Å²) >= 11 is 0. The van der Waals surface area contributed by atoms with Gasteiger partial charge in [0.05, 0.1) is 11.9 Å². The lowest BCUT2D eigenvalue weighted by Gasteiger charge is -2.08. The molecule has 0 atom stereocenters. The van der Waals surface area contributed by atoms with Gasteiger partial charge in [0.1, 0.15) is 16.2 Å². The number of ether oxygens (including phenoxy) is 1. The highest BCUT2D eigenvalue weighted by Crippen LogP contribution is 2.24. The summed E-state index contributed by atoms with van der Waals surface area (Å²) in [5.74, 6) is -0.522. The van der Waals surface area contributed by atoms with Crippen LogP contribution in [0.25, 0.3) is 0 Å². The molecule has 0 saturated heterocycles. The van der Waals surface area contributed by atoms with E-state index in [2.05, 4.69) is 15.0 Å². The Bertz CT molecular complexity index is 750. The number of hydrogen-bond acceptors (Lipinski definition) is 6. The Morgan fingerprint density at radius 1 is 1.29 bits per heavy atom. The summed E-state index contributed by atoms with van der Waals surface area (Å²) in [6, 6.07) is 1.16. The Labute approximate surface area is 122 Å². The van der Waals surface area contributed by atoms with Gasteiger partial charge in [0.15, 0.2) is 11.6 Å². The molecule has 0 fully saturated rings. The molecule has 0 unspecified atom stereocenters. The fourth-order valence-corrected chi connectivity index (χ4v) is 2.14. The molecule has 0 aliphatic rings. The van der Waals surface area contributed by atoms with Crippen molar-refractivity contribution in [2.24, 2.45) is 0 Å². The zero-order chi connectivity index (χ0) is 15.5. The number of hydrogen-bond donors (Lipinski definition) is 0. The van der Waals surface area contributed by atoms with Gasteiger partial charge in [-0.15, -0.1) is 0 Å². The summed E-state index contributed by atoms with van der Waals surface area (Å²) in [5.41, 5.74) is 1.02. The lowest BCUT2D eigenvalue weighted by atomic mass is 10.3. The van der Waals surface area contributed by atoms with E-state index in [4.69, 9.17) is 4.74 Å². The summed E-state index contributed by atoms with van der Waals surface area (Å²) < 4.78 is 41.4. The van der Waals surface area contributed by atoms with Crippen molar-refractivity contribution in [2.75, 3.05) is 12.0 Å². The van der Waals surface area contributed by atoms with E-state index >= 15 is 0 Å². The molecule has 2 heterocycles. The third kappa shape index (κ3) is 4.45. The quantitative estimate of drug-likeness (QED) is 0.836. The van der Waals surface area contributed by atoms with E-state index in [1.165, 1.54) is 12.5 Å². The first-order valence-corrected chi connectivity index (χ1v) is 8.18. The molecule has 2 aromatic heterocycles. The van der Waals surface area contributed by atoms with Crippen molar-refractivity contribution in [3.63, 3.8) is 0 Å². The molecule has 6 nitrogen and oxygen atoms in total. The largest absolute Gasteiger partial charge is 0.434 e. The summed E-state index contributed by atoms with van der Waals surface area (Å²) in [7, 11) is -3.11. The van der Waals surface area contributed by atoms with Crippen LogP contribution in [0.4, 0.5) is 4.39 Å². The zero-order valence-electron chi connectivity index (χ0n) is 11.6. The first kappa shape index (κ1) is 15.3. The molecular weight excluding hydrogens is 297 g/mol. The lowest BCUT2D eigenvalue weighted by molar-refractivity contribution is 0.420. The van der Waals surface area contributed by atoms with Crippen LogP contribution in [-0.4, -0.2) is 35.4 Å². The van der Waals surface area contributed by atoms with E-state index < -0.39 is 15.7 Å². The standard InChI is InChI=1S/C13H14FN3O3S/c1-9-6-15-8-17-13(9)20-12-7-16-10(5-11(12)14)3-4-21(2,18)19/h5-8H,3-4H2,1-2H3. The molecule has 2 rings (SSSR count). The summed E-state index contributed by atoms with van der Waals surface area (Å²) in [5, 5.41) is 0. The second-order valence-electron chi connectivity index (χ2n) is 4.60. The van der Waals surface area contributed by atoms with Gasteiger partial charge in [-0.3, -0.25) is 4.98 Å². The second kappa shape index (κ2) is 6.13. The molecule has 8 heteroatoms. The Morgan fingerprint density at radius 3 is 2.67 bits per heavy atom. The number of aromatic nitrogens is 3. The van der Waals surface area contributed by atoms with Crippen molar-refractivity contribution in [3.05, 3.63) is 41.9 Å². The highest BCUT2D eigenvalue weighted by Gasteiger charge is 2.11. The van der Waals surface area contributed by atoms with Crippen LogP contribution >= 0.6 is 0 Å². The average molecular weight is 311 g/mol. The van der Waals surface area contributed by atoms with Gasteiger partial charge in [-0.05, 0) is 13.0 Å². The molecule has 0 radical (unpaired) electrons. The molecule has 0 aliphatic carbocycles. The van der Waals surface area contributed by atoms with E-state index in [0.717, 1.165) is 12.3 Å². The minimum atomic E-state index is -3.11. The number of nitrogens with zero attached hydrogens (tertiary/aromatic N) is 3. The molecule has 0 bridgehead atoms. The summed E-state index contributed by atoms with van der Waals surface area (Å²) in [6.45, 7) is 1.74. The molecular formula is C13H14FN3O3S. The normalized spacial score (nSPS) is 11.4. The van der Waals surface area contributed by atoms with Crippen molar-refractivity contribution in [1.82, 2.24) is 15.0 Å². The highest BCUT2D eigenvalue weighted by atomic mass is 32.2. The van der Waals surface area contributed by atoms with Gasteiger partial charge in [0, 0.05) is 30.1 Å². The molecule has 0 amide bonds. The van der Waals surface area contributed by atoms with E-state index in [0.29, 0.717) is 11.3 Å². The number of halogens is 1. The molecule has 0 aliphatic heterocycles. The average Bonchev–Trinajstić information content (AvgIpc) is 2.41. The van der Waals surface area contributed by atoms with Gasteiger partial charge in [-0.1, -0.05) is 0 Å². The maximum absolute atomic E-state index is 13.9. The van der Waals surface area contributed by atoms with E-state index in [9.17, 15) is 12.8 Å². The van der Waals surface area contributed by atoms with Gasteiger partial charge in [0.25, 0.3) is 0 Å². The van der Waals surface area contributed by atoms with E-state index in [1.54, 1.807) is 13.1 Å². The Kier molecular flexibility index (Phi) is 4.46. The predicted octanol–water partition coefficient (Wildman–Crippen LogP) is 1.70. The molecule has 21 heavy (non-hydrogen) atoms. The van der Waals surface area contributed by atoms with E-state index in [1.807, 2.05) is 0 Å². The zero-order valence-corrected chi connectivity index (χ0v) is 12.4. The molecule has 2 aromatic rings. The van der Waals surface area contributed by atoms with Crippen molar-refractivity contribution in [1.29, 1.82) is 0 Å². The predicted molar refractivity (Wildman–Crippen MR) is 74.5 cm³/mol. The van der Waals surface area contributed by atoms with E-state index in [-0.39, 0.29) is 23.8 Å². The van der Waals surface area contributed by atoms with Gasteiger partial charge >= 0.3 is 0 Å². The van der Waals surface area contributed by atoms with Crippen LogP contribution in [0, 0.1) is 12.7 Å². The first-order chi connectivity index (χ1) is 9.85. The number of sulfone groups is 1. The van der Waals surface area contributed by atoms with Gasteiger partial charge in [-0.2, -0.15) is 0 Å². The minimum absolute atomic E-state index is 0.0695.